The smallest absolute Gasteiger partial charge is 0.264 e. The number of methoxy groups -OCH3 is 1. The van der Waals surface area contributed by atoms with Gasteiger partial charge in [0.15, 0.2) is 6.61 Å². The van der Waals surface area contributed by atoms with Crippen molar-refractivity contribution in [1.29, 1.82) is 0 Å². The Morgan fingerprint density at radius 3 is 2.17 bits per heavy atom. The number of hydrazone groups is 1. The predicted octanol–water partition coefficient (Wildman–Crippen LogP) is 2.21. The Morgan fingerprint density at radius 1 is 0.972 bits per heavy atom. The van der Waals surface area contributed by atoms with E-state index in [1.807, 2.05) is 6.92 Å². The summed E-state index contributed by atoms with van der Waals surface area (Å²) in [7, 11) is -2.58. The van der Waals surface area contributed by atoms with Crippen LogP contribution in [0.2, 0.25) is 0 Å². The lowest BCUT2D eigenvalue weighted by atomic mass is 10.2. The van der Waals surface area contributed by atoms with Crippen molar-refractivity contribution in [3.05, 3.63) is 83.9 Å². The molecule has 36 heavy (non-hydrogen) atoms. The quantitative estimate of drug-likeness (QED) is 0.299. The molecule has 3 N–H and O–H groups in total. The van der Waals surface area contributed by atoms with Gasteiger partial charge in [0.25, 0.3) is 21.8 Å². The molecule has 0 radical (unpaired) electrons. The summed E-state index contributed by atoms with van der Waals surface area (Å²) in [5.41, 5.74) is 9.32. The molecule has 0 fully saturated rings. The van der Waals surface area contributed by atoms with Gasteiger partial charge >= 0.3 is 0 Å². The lowest BCUT2D eigenvalue weighted by Crippen LogP contribution is -2.39. The van der Waals surface area contributed by atoms with Crippen molar-refractivity contribution in [3.63, 3.8) is 0 Å². The van der Waals surface area contributed by atoms with Gasteiger partial charge in [0.1, 0.15) is 18.0 Å². The summed E-state index contributed by atoms with van der Waals surface area (Å²) in [4.78, 5) is 23.4. The van der Waals surface area contributed by atoms with Crippen LogP contribution in [0.5, 0.6) is 11.5 Å². The Hall–Kier alpha value is -4.38. The minimum absolute atomic E-state index is 0.0128. The number of nitrogens with two attached hydrogens (primary N) is 1. The van der Waals surface area contributed by atoms with Crippen molar-refractivity contribution in [2.75, 3.05) is 24.6 Å². The molecule has 0 aromatic heterocycles. The van der Waals surface area contributed by atoms with E-state index in [0.29, 0.717) is 22.7 Å². The fourth-order valence-electron chi connectivity index (χ4n) is 3.05. The molecule has 0 aliphatic carbocycles. The molecular formula is C25H26N4O6S. The standard InChI is InChI=1S/C25H26N4O6S/c1-18-3-7-20(8-4-18)29(36(32,33)23-13-11-21(34-2)12-14-23)16-25(31)28-27-15-19-5-9-22(10-6-19)35-17-24(26)30/h3-15H,16-17H2,1-2H3,(H2,26,30)(H,28,31)/b27-15-. The molecule has 10 nitrogen and oxygen atoms in total. The molecule has 0 aliphatic rings. The number of nitrogens with zero attached hydrogens (tertiary/aromatic N) is 2. The molecule has 11 heteroatoms. The zero-order valence-electron chi connectivity index (χ0n) is 19.7. The van der Waals surface area contributed by atoms with Gasteiger partial charge in [-0.3, -0.25) is 13.9 Å². The van der Waals surface area contributed by atoms with E-state index in [0.717, 1.165) is 9.87 Å². The number of nitrogens with one attached hydrogen (secondary N) is 1. The van der Waals surface area contributed by atoms with E-state index in [2.05, 4.69) is 10.5 Å². The van der Waals surface area contributed by atoms with Gasteiger partial charge in [-0.1, -0.05) is 17.7 Å². The Bertz CT molecular complexity index is 1320. The SMILES string of the molecule is COc1ccc(S(=O)(=O)N(CC(=O)N/N=C\c2ccc(OCC(N)=O)cc2)c2ccc(C)cc2)cc1. The third-order valence-corrected chi connectivity index (χ3v) is 6.71. The third kappa shape index (κ3) is 7.06. The van der Waals surface area contributed by atoms with Gasteiger partial charge in [-0.15, -0.1) is 0 Å². The monoisotopic (exact) mass is 510 g/mol. The maximum absolute atomic E-state index is 13.4. The van der Waals surface area contributed by atoms with Crippen LogP contribution in [-0.4, -0.2) is 46.7 Å². The summed E-state index contributed by atoms with van der Waals surface area (Å²) in [6.07, 6.45) is 1.39. The Kier molecular flexibility index (Phi) is 8.63. The number of primary amides is 1. The van der Waals surface area contributed by atoms with Crippen LogP contribution in [0.15, 0.2) is 82.8 Å². The maximum Gasteiger partial charge on any atom is 0.264 e. The van der Waals surface area contributed by atoms with Gasteiger partial charge in [0.05, 0.1) is 23.9 Å². The predicted molar refractivity (Wildman–Crippen MR) is 136 cm³/mol. The van der Waals surface area contributed by atoms with Crippen molar-refractivity contribution in [1.82, 2.24) is 5.43 Å². The number of ether oxygens (including phenoxy) is 2. The number of amides is 2. The molecule has 0 aliphatic heterocycles. The highest BCUT2D eigenvalue weighted by atomic mass is 32.2. The molecule has 3 aromatic carbocycles. The zero-order chi connectivity index (χ0) is 26.1. The van der Waals surface area contributed by atoms with E-state index < -0.39 is 28.4 Å². The molecule has 0 saturated heterocycles. The first-order chi connectivity index (χ1) is 17.2. The highest BCUT2D eigenvalue weighted by Crippen LogP contribution is 2.25. The van der Waals surface area contributed by atoms with Crippen LogP contribution >= 0.6 is 0 Å². The van der Waals surface area contributed by atoms with Crippen LogP contribution in [0.25, 0.3) is 0 Å². The molecule has 3 aromatic rings. The largest absolute Gasteiger partial charge is 0.497 e. The Balaban J connectivity index is 1.73. The van der Waals surface area contributed by atoms with Crippen molar-refractivity contribution in [2.24, 2.45) is 10.8 Å². The van der Waals surface area contributed by atoms with E-state index in [4.69, 9.17) is 15.2 Å². The van der Waals surface area contributed by atoms with Crippen molar-refractivity contribution in [3.8, 4) is 11.5 Å². The van der Waals surface area contributed by atoms with Crippen LogP contribution < -0.4 is 24.9 Å². The van der Waals surface area contributed by atoms with Gasteiger partial charge in [0, 0.05) is 0 Å². The normalized spacial score (nSPS) is 11.2. The third-order valence-electron chi connectivity index (χ3n) is 4.92. The highest BCUT2D eigenvalue weighted by Gasteiger charge is 2.27. The number of sulfonamides is 1. The van der Waals surface area contributed by atoms with Crippen LogP contribution in [0.1, 0.15) is 11.1 Å². The molecule has 0 saturated carbocycles. The van der Waals surface area contributed by atoms with E-state index in [-0.39, 0.29) is 11.5 Å². The number of carbonyl (C=O) groups is 2. The summed E-state index contributed by atoms with van der Waals surface area (Å²) in [5, 5.41) is 3.91. The van der Waals surface area contributed by atoms with Crippen molar-refractivity contribution >= 4 is 33.7 Å². The zero-order valence-corrected chi connectivity index (χ0v) is 20.6. The van der Waals surface area contributed by atoms with E-state index >= 15 is 0 Å². The first-order valence-electron chi connectivity index (χ1n) is 10.8. The number of aryl methyl sites for hydroxylation is 1. The lowest BCUT2D eigenvalue weighted by Gasteiger charge is -2.24. The minimum atomic E-state index is -4.06. The molecule has 2 amide bonds. The fourth-order valence-corrected chi connectivity index (χ4v) is 4.47. The maximum atomic E-state index is 13.4. The van der Waals surface area contributed by atoms with Crippen LogP contribution in [-0.2, 0) is 19.6 Å². The first-order valence-corrected chi connectivity index (χ1v) is 12.2. The number of rotatable bonds is 11. The molecule has 0 bridgehead atoms. The molecule has 0 spiro atoms. The summed E-state index contributed by atoms with van der Waals surface area (Å²) in [5.74, 6) is -0.259. The summed E-state index contributed by atoms with van der Waals surface area (Å²) < 4.78 is 38.1. The number of anilines is 1. The van der Waals surface area contributed by atoms with Crippen molar-refractivity contribution < 1.29 is 27.5 Å². The summed E-state index contributed by atoms with van der Waals surface area (Å²) in [6, 6.07) is 19.3. The molecular weight excluding hydrogens is 484 g/mol. The highest BCUT2D eigenvalue weighted by molar-refractivity contribution is 7.92. The molecule has 0 atom stereocenters. The van der Waals surface area contributed by atoms with E-state index in [1.54, 1.807) is 48.5 Å². The van der Waals surface area contributed by atoms with Crippen LogP contribution in [0, 0.1) is 6.92 Å². The van der Waals surface area contributed by atoms with Gasteiger partial charge in [-0.05, 0) is 73.2 Å². The summed E-state index contributed by atoms with van der Waals surface area (Å²) >= 11 is 0. The minimum Gasteiger partial charge on any atom is -0.497 e. The lowest BCUT2D eigenvalue weighted by molar-refractivity contribution is -0.120. The topological polar surface area (TPSA) is 140 Å². The van der Waals surface area contributed by atoms with Crippen LogP contribution in [0.3, 0.4) is 0 Å². The van der Waals surface area contributed by atoms with E-state index in [9.17, 15) is 18.0 Å². The number of carbonyl (C=O) groups excluding carboxylic acids is 2. The molecule has 3 rings (SSSR count). The Labute approximate surface area is 209 Å². The first kappa shape index (κ1) is 26.2. The number of hydrogen-bond acceptors (Lipinski definition) is 7. The van der Waals surface area contributed by atoms with Crippen LogP contribution in [0.4, 0.5) is 5.69 Å². The van der Waals surface area contributed by atoms with Gasteiger partial charge in [-0.25, -0.2) is 13.8 Å². The molecule has 0 unspecified atom stereocenters. The second-order valence-corrected chi connectivity index (χ2v) is 9.50. The number of hydrogen-bond donors (Lipinski definition) is 2. The average Bonchev–Trinajstić information content (AvgIpc) is 2.87. The Morgan fingerprint density at radius 2 is 1.58 bits per heavy atom. The average molecular weight is 511 g/mol. The van der Waals surface area contributed by atoms with Gasteiger partial charge < -0.3 is 15.2 Å². The second kappa shape index (κ2) is 11.8. The van der Waals surface area contributed by atoms with Gasteiger partial charge in [-0.2, -0.15) is 5.10 Å². The van der Waals surface area contributed by atoms with Gasteiger partial charge in [0.2, 0.25) is 0 Å². The van der Waals surface area contributed by atoms with Crippen molar-refractivity contribution in [2.45, 2.75) is 11.8 Å². The fraction of sp³-hybridized carbons (Fsp3) is 0.160. The molecule has 188 valence electrons. The van der Waals surface area contributed by atoms with E-state index in [1.165, 1.54) is 37.6 Å². The second-order valence-electron chi connectivity index (χ2n) is 7.64. The summed E-state index contributed by atoms with van der Waals surface area (Å²) in [6.45, 7) is 1.15. The number of benzene rings is 3. The molecule has 0 heterocycles.